The Morgan fingerprint density at radius 1 is 1.07 bits per heavy atom. The Kier molecular flexibility index (Phi) is 6.28. The number of piperidine rings is 1. The van der Waals surface area contributed by atoms with Crippen LogP contribution in [-0.4, -0.2) is 47.3 Å². The molecule has 9 nitrogen and oxygen atoms in total. The van der Waals surface area contributed by atoms with E-state index in [1.54, 1.807) is 15.6 Å². The van der Waals surface area contributed by atoms with Crippen molar-refractivity contribution >= 4 is 11.0 Å². The Labute approximate surface area is 238 Å². The van der Waals surface area contributed by atoms with Gasteiger partial charge in [0.25, 0.3) is 5.56 Å². The van der Waals surface area contributed by atoms with Gasteiger partial charge in [0.15, 0.2) is 0 Å². The molecule has 1 N–H and O–H groups in total. The first-order valence-corrected chi connectivity index (χ1v) is 14.4. The number of hydrogen-bond acceptors (Lipinski definition) is 6. The molecule has 0 spiro atoms. The molecule has 41 heavy (non-hydrogen) atoms. The van der Waals surface area contributed by atoms with Gasteiger partial charge in [-0.05, 0) is 92.7 Å². The van der Waals surface area contributed by atoms with Gasteiger partial charge in [0.1, 0.15) is 17.7 Å². The summed E-state index contributed by atoms with van der Waals surface area (Å²) in [4.78, 5) is 29.2. The van der Waals surface area contributed by atoms with Gasteiger partial charge in [-0.2, -0.15) is 10.4 Å². The van der Waals surface area contributed by atoms with E-state index in [2.05, 4.69) is 27.0 Å². The molecule has 1 saturated carbocycles. The minimum atomic E-state index is -0.160. The van der Waals surface area contributed by atoms with Gasteiger partial charge in [-0.3, -0.25) is 14.4 Å². The van der Waals surface area contributed by atoms with Gasteiger partial charge < -0.3 is 4.98 Å². The highest BCUT2D eigenvalue weighted by Crippen LogP contribution is 2.42. The number of nitrogens with one attached hydrogen (secondary N) is 1. The SMILES string of the molecule is Cc1cn(C)nc1-c1cc(C#N)ccc1-c1cc(C2CC2)nc(-n2cnc3cc(CN4CCCCC4)[nH]c3c2=O)c1. The third-order valence-corrected chi connectivity index (χ3v) is 8.24. The second kappa shape index (κ2) is 10.1. The number of hydrogen-bond donors (Lipinski definition) is 1. The molecule has 2 aliphatic rings. The van der Waals surface area contributed by atoms with Gasteiger partial charge >= 0.3 is 0 Å². The quantitative estimate of drug-likeness (QED) is 0.314. The van der Waals surface area contributed by atoms with Crippen molar-refractivity contribution in [3.63, 3.8) is 0 Å². The lowest BCUT2D eigenvalue weighted by Gasteiger charge is -2.25. The molecule has 1 aliphatic carbocycles. The summed E-state index contributed by atoms with van der Waals surface area (Å²) in [5, 5.41) is 14.3. The minimum Gasteiger partial charge on any atom is -0.351 e. The number of fused-ring (bicyclic) bond motifs is 1. The van der Waals surface area contributed by atoms with E-state index in [0.717, 1.165) is 71.8 Å². The number of aromatic nitrogens is 6. The van der Waals surface area contributed by atoms with Crippen molar-refractivity contribution < 1.29 is 0 Å². The molecule has 2 fully saturated rings. The smallest absolute Gasteiger partial charge is 0.283 e. The lowest BCUT2D eigenvalue weighted by atomic mass is 9.94. The largest absolute Gasteiger partial charge is 0.351 e. The molecule has 0 radical (unpaired) electrons. The van der Waals surface area contributed by atoms with Crippen molar-refractivity contribution in [3.8, 4) is 34.3 Å². The zero-order valence-corrected chi connectivity index (χ0v) is 23.4. The normalized spacial score (nSPS) is 15.8. The zero-order valence-electron chi connectivity index (χ0n) is 23.4. The molecule has 4 aromatic heterocycles. The topological polar surface area (TPSA) is 108 Å². The Morgan fingerprint density at radius 2 is 1.90 bits per heavy atom. The summed E-state index contributed by atoms with van der Waals surface area (Å²) in [7, 11) is 1.90. The van der Waals surface area contributed by atoms with Crippen molar-refractivity contribution in [2.24, 2.45) is 7.05 Å². The Morgan fingerprint density at radius 3 is 2.63 bits per heavy atom. The fraction of sp³-hybridized carbons (Fsp3) is 0.344. The summed E-state index contributed by atoms with van der Waals surface area (Å²) in [5.74, 6) is 0.921. The molecule has 7 rings (SSSR count). The van der Waals surface area contributed by atoms with Gasteiger partial charge in [0.2, 0.25) is 0 Å². The molecular weight excluding hydrogens is 512 g/mol. The van der Waals surface area contributed by atoms with Crippen molar-refractivity contribution in [2.75, 3.05) is 13.1 Å². The molecule has 0 bridgehead atoms. The van der Waals surface area contributed by atoms with E-state index >= 15 is 0 Å². The molecule has 0 atom stereocenters. The van der Waals surface area contributed by atoms with E-state index in [4.69, 9.17) is 10.1 Å². The lowest BCUT2D eigenvalue weighted by Crippen LogP contribution is -2.29. The molecule has 5 heterocycles. The summed E-state index contributed by atoms with van der Waals surface area (Å²) in [6.45, 7) is 4.99. The van der Waals surface area contributed by atoms with Crippen LogP contribution < -0.4 is 5.56 Å². The van der Waals surface area contributed by atoms with Crippen molar-refractivity contribution in [1.29, 1.82) is 5.26 Å². The summed E-state index contributed by atoms with van der Waals surface area (Å²) in [5.41, 5.74) is 8.20. The summed E-state index contributed by atoms with van der Waals surface area (Å²) < 4.78 is 3.34. The minimum absolute atomic E-state index is 0.160. The molecule has 1 saturated heterocycles. The second-order valence-electron chi connectivity index (χ2n) is 11.4. The highest BCUT2D eigenvalue weighted by molar-refractivity contribution is 5.85. The summed E-state index contributed by atoms with van der Waals surface area (Å²) in [6.07, 6.45) is 9.46. The van der Waals surface area contributed by atoms with E-state index in [0.29, 0.717) is 28.3 Å². The van der Waals surface area contributed by atoms with Crippen LogP contribution in [0.3, 0.4) is 0 Å². The number of aryl methyl sites for hydroxylation is 2. The van der Waals surface area contributed by atoms with Gasteiger partial charge in [-0.1, -0.05) is 12.5 Å². The maximum absolute atomic E-state index is 13.8. The van der Waals surface area contributed by atoms with E-state index in [9.17, 15) is 10.1 Å². The number of pyridine rings is 1. The maximum atomic E-state index is 13.8. The fourth-order valence-corrected chi connectivity index (χ4v) is 6.00. The highest BCUT2D eigenvalue weighted by Gasteiger charge is 2.27. The van der Waals surface area contributed by atoms with E-state index in [1.807, 2.05) is 50.5 Å². The van der Waals surface area contributed by atoms with Crippen LogP contribution in [0.25, 0.3) is 39.2 Å². The molecule has 0 unspecified atom stereocenters. The molecule has 5 aromatic rings. The maximum Gasteiger partial charge on any atom is 0.283 e. The first-order chi connectivity index (χ1) is 20.0. The predicted octanol–water partition coefficient (Wildman–Crippen LogP) is 5.22. The number of H-pyrrole nitrogens is 1. The van der Waals surface area contributed by atoms with Gasteiger partial charge in [0, 0.05) is 42.7 Å². The van der Waals surface area contributed by atoms with Gasteiger partial charge in [0.05, 0.1) is 22.8 Å². The van der Waals surface area contributed by atoms with E-state index in [1.165, 1.54) is 19.3 Å². The zero-order chi connectivity index (χ0) is 28.1. The number of nitrogens with zero attached hydrogens (tertiary/aromatic N) is 7. The lowest BCUT2D eigenvalue weighted by molar-refractivity contribution is 0.219. The predicted molar refractivity (Wildman–Crippen MR) is 158 cm³/mol. The van der Waals surface area contributed by atoms with Gasteiger partial charge in [-0.25, -0.2) is 14.5 Å². The molecule has 1 aromatic carbocycles. The number of benzene rings is 1. The van der Waals surface area contributed by atoms with E-state index in [-0.39, 0.29) is 5.56 Å². The van der Waals surface area contributed by atoms with Crippen LogP contribution in [-0.2, 0) is 13.6 Å². The van der Waals surface area contributed by atoms with Crippen LogP contribution in [0, 0.1) is 18.3 Å². The average Bonchev–Trinajstić information content (AvgIpc) is 3.67. The molecule has 1 aliphatic heterocycles. The standard InChI is InChI=1S/C32H32N8O/c1-20-17-38(2)37-30(20)26-12-21(16-33)6-9-25(26)23-13-27(22-7-8-22)36-29(14-23)40-19-34-28-15-24(35-31(28)32(40)41)18-39-10-4-3-5-11-39/h6,9,12-15,17,19,22,35H,3-5,7-8,10-11,18H2,1-2H3. The first-order valence-electron chi connectivity index (χ1n) is 14.4. The van der Waals surface area contributed by atoms with Crippen LogP contribution in [0.5, 0.6) is 0 Å². The Bertz CT molecular complexity index is 1880. The van der Waals surface area contributed by atoms with Crippen LogP contribution >= 0.6 is 0 Å². The molecule has 206 valence electrons. The molecule has 9 heteroatoms. The van der Waals surface area contributed by atoms with Crippen LogP contribution in [0.4, 0.5) is 0 Å². The second-order valence-corrected chi connectivity index (χ2v) is 11.4. The molecular formula is C32H32N8O. The monoisotopic (exact) mass is 544 g/mol. The number of aromatic amines is 1. The number of rotatable bonds is 6. The van der Waals surface area contributed by atoms with Gasteiger partial charge in [-0.15, -0.1) is 0 Å². The van der Waals surface area contributed by atoms with Crippen LogP contribution in [0.2, 0.25) is 0 Å². The van der Waals surface area contributed by atoms with Crippen molar-refractivity contribution in [2.45, 2.75) is 51.5 Å². The molecule has 0 amide bonds. The number of likely N-dealkylation sites (tertiary alicyclic amines) is 1. The third kappa shape index (κ3) is 4.85. The van der Waals surface area contributed by atoms with Crippen molar-refractivity contribution in [3.05, 3.63) is 81.8 Å². The van der Waals surface area contributed by atoms with Crippen LogP contribution in [0.1, 0.15) is 60.5 Å². The van der Waals surface area contributed by atoms with E-state index < -0.39 is 0 Å². The average molecular weight is 545 g/mol. The Balaban J connectivity index is 1.34. The van der Waals surface area contributed by atoms with Crippen LogP contribution in [0.15, 0.2) is 53.7 Å². The third-order valence-electron chi connectivity index (χ3n) is 8.24. The highest BCUT2D eigenvalue weighted by atomic mass is 16.1. The summed E-state index contributed by atoms with van der Waals surface area (Å²) in [6, 6.07) is 14.0. The van der Waals surface area contributed by atoms with Crippen molar-refractivity contribution in [1.82, 2.24) is 34.2 Å². The fourth-order valence-electron chi connectivity index (χ4n) is 6.00. The first kappa shape index (κ1) is 25.4. The number of nitriles is 1. The Hall–Kier alpha value is -4.55. The summed E-state index contributed by atoms with van der Waals surface area (Å²) >= 11 is 0.